The second-order valence-corrected chi connectivity index (χ2v) is 2.35. The van der Waals surface area contributed by atoms with Gasteiger partial charge >= 0.3 is 0 Å². The number of nitrogens with zero attached hydrogens (tertiary/aromatic N) is 1. The summed E-state index contributed by atoms with van der Waals surface area (Å²) in [5, 5.41) is 1.10. The summed E-state index contributed by atoms with van der Waals surface area (Å²) in [5.74, 6) is 0.603. The predicted molar refractivity (Wildman–Crippen MR) is 44.6 cm³/mol. The molecule has 2 rings (SSSR count). The van der Waals surface area contributed by atoms with E-state index in [4.69, 9.17) is 6.57 Å². The lowest BCUT2D eigenvalue weighted by molar-refractivity contribution is 1.50. The molecule has 2 nitrogen and oxygen atoms in total. The van der Waals surface area contributed by atoms with Gasteiger partial charge in [-0.15, -0.1) is 0 Å². The molecule has 2 aromatic rings. The molecule has 0 aliphatic carbocycles. The van der Waals surface area contributed by atoms with Gasteiger partial charge in [-0.1, -0.05) is 24.8 Å². The quantitative estimate of drug-likeness (QED) is 0.546. The molecule has 52 valence electrons. The van der Waals surface area contributed by atoms with Crippen molar-refractivity contribution in [2.75, 3.05) is 0 Å². The molecule has 1 aromatic heterocycles. The molecule has 11 heavy (non-hydrogen) atoms. The zero-order valence-corrected chi connectivity index (χ0v) is 5.83. The molecule has 0 aliphatic rings. The van der Waals surface area contributed by atoms with Gasteiger partial charge in [-0.25, -0.2) is 0 Å². The Morgan fingerprint density at radius 3 is 2.82 bits per heavy atom. The Hall–Kier alpha value is -1.75. The van der Waals surface area contributed by atoms with Crippen LogP contribution in [0.5, 0.6) is 0 Å². The minimum atomic E-state index is 0.603. The summed E-state index contributed by atoms with van der Waals surface area (Å²) in [6.45, 7) is 6.77. The lowest BCUT2D eigenvalue weighted by Gasteiger charge is -1.80. The molecule has 0 fully saturated rings. The van der Waals surface area contributed by atoms with E-state index in [-0.39, 0.29) is 0 Å². The van der Waals surface area contributed by atoms with Gasteiger partial charge in [0.25, 0.3) is 0 Å². The second-order valence-electron chi connectivity index (χ2n) is 2.35. The number of para-hydroxylation sites is 1. The van der Waals surface area contributed by atoms with Crippen molar-refractivity contribution in [3.05, 3.63) is 41.7 Å². The van der Waals surface area contributed by atoms with E-state index in [0.29, 0.717) is 5.82 Å². The summed E-state index contributed by atoms with van der Waals surface area (Å²) >= 11 is 0. The van der Waals surface area contributed by atoms with E-state index in [1.807, 2.05) is 30.3 Å². The van der Waals surface area contributed by atoms with Crippen LogP contribution in [0, 0.1) is 6.57 Å². The highest BCUT2D eigenvalue weighted by Crippen LogP contribution is 2.19. The molecule has 0 unspecified atom stereocenters. The van der Waals surface area contributed by atoms with E-state index >= 15 is 0 Å². The number of rotatable bonds is 0. The van der Waals surface area contributed by atoms with Crippen LogP contribution in [0.15, 0.2) is 30.3 Å². The van der Waals surface area contributed by atoms with E-state index < -0.39 is 0 Å². The van der Waals surface area contributed by atoms with Crippen LogP contribution in [0.25, 0.3) is 15.7 Å². The van der Waals surface area contributed by atoms with Crippen molar-refractivity contribution < 1.29 is 0 Å². The fourth-order valence-corrected chi connectivity index (χ4v) is 1.12. The Labute approximate surface area is 64.3 Å². The summed E-state index contributed by atoms with van der Waals surface area (Å²) in [6, 6.07) is 9.71. The number of aromatic nitrogens is 1. The van der Waals surface area contributed by atoms with Gasteiger partial charge in [0.15, 0.2) is 0 Å². The van der Waals surface area contributed by atoms with E-state index in [1.54, 1.807) is 0 Å². The number of aromatic amines is 1. The minimum absolute atomic E-state index is 0.603. The van der Waals surface area contributed by atoms with Crippen molar-refractivity contribution in [1.82, 2.24) is 4.98 Å². The number of hydrogen-bond acceptors (Lipinski definition) is 0. The first-order valence-electron chi connectivity index (χ1n) is 3.35. The Kier molecular flexibility index (Phi) is 1.16. The molecule has 0 atom stereocenters. The SMILES string of the molecule is [C-]#[N+]c1cc2ccccc2[nH]1. The molecule has 0 saturated heterocycles. The van der Waals surface area contributed by atoms with E-state index in [2.05, 4.69) is 9.83 Å². The Balaban J connectivity index is 2.81. The minimum Gasteiger partial charge on any atom is -0.364 e. The Bertz CT molecular complexity index is 387. The number of nitrogens with one attached hydrogen (secondary N) is 1. The number of fused-ring (bicyclic) bond motifs is 1. The summed E-state index contributed by atoms with van der Waals surface area (Å²) in [4.78, 5) is 6.29. The fourth-order valence-electron chi connectivity index (χ4n) is 1.12. The molecule has 0 aliphatic heterocycles. The molecule has 1 heterocycles. The highest BCUT2D eigenvalue weighted by Gasteiger charge is 1.97. The first-order valence-corrected chi connectivity index (χ1v) is 3.35. The van der Waals surface area contributed by atoms with Crippen LogP contribution in [0.1, 0.15) is 0 Å². The average molecular weight is 142 g/mol. The maximum atomic E-state index is 6.77. The summed E-state index contributed by atoms with van der Waals surface area (Å²) in [7, 11) is 0. The molecule has 0 radical (unpaired) electrons. The molecule has 1 aromatic carbocycles. The lowest BCUT2D eigenvalue weighted by atomic mass is 10.3. The van der Waals surface area contributed by atoms with Crippen LogP contribution in [0.2, 0.25) is 0 Å². The van der Waals surface area contributed by atoms with Gasteiger partial charge < -0.3 is 9.83 Å². The number of H-pyrrole nitrogens is 1. The zero-order valence-electron chi connectivity index (χ0n) is 5.83. The molecule has 2 heteroatoms. The van der Waals surface area contributed by atoms with Gasteiger partial charge in [0, 0.05) is 5.39 Å². The van der Waals surface area contributed by atoms with Gasteiger partial charge in [0.05, 0.1) is 0 Å². The molecule has 0 amide bonds. The van der Waals surface area contributed by atoms with Gasteiger partial charge in [0.1, 0.15) is 5.52 Å². The van der Waals surface area contributed by atoms with Crippen LogP contribution < -0.4 is 0 Å². The van der Waals surface area contributed by atoms with Crippen LogP contribution in [0.3, 0.4) is 0 Å². The normalized spacial score (nSPS) is 9.73. The van der Waals surface area contributed by atoms with Crippen LogP contribution in [-0.2, 0) is 0 Å². The van der Waals surface area contributed by atoms with Gasteiger partial charge in [-0.05, 0) is 12.1 Å². The average Bonchev–Trinajstić information content (AvgIpc) is 2.46. The van der Waals surface area contributed by atoms with Crippen molar-refractivity contribution in [3.63, 3.8) is 0 Å². The molecule has 1 N–H and O–H groups in total. The van der Waals surface area contributed by atoms with Crippen molar-refractivity contribution >= 4 is 16.7 Å². The van der Waals surface area contributed by atoms with Crippen LogP contribution >= 0.6 is 0 Å². The first kappa shape index (κ1) is 5.99. The predicted octanol–water partition coefficient (Wildman–Crippen LogP) is 2.72. The van der Waals surface area contributed by atoms with E-state index in [9.17, 15) is 0 Å². The molecule has 0 saturated carbocycles. The van der Waals surface area contributed by atoms with Crippen molar-refractivity contribution in [1.29, 1.82) is 0 Å². The maximum Gasteiger partial charge on any atom is 0.229 e. The van der Waals surface area contributed by atoms with Gasteiger partial charge in [-0.2, -0.15) is 0 Å². The summed E-state index contributed by atoms with van der Waals surface area (Å²) in [6.07, 6.45) is 0. The Morgan fingerprint density at radius 1 is 1.27 bits per heavy atom. The van der Waals surface area contributed by atoms with E-state index in [0.717, 1.165) is 10.9 Å². The molecular formula is C9H6N2. The van der Waals surface area contributed by atoms with Crippen LogP contribution in [0.4, 0.5) is 5.82 Å². The van der Waals surface area contributed by atoms with Crippen molar-refractivity contribution in [2.45, 2.75) is 0 Å². The highest BCUT2D eigenvalue weighted by atomic mass is 14.9. The van der Waals surface area contributed by atoms with Crippen LogP contribution in [-0.4, -0.2) is 4.98 Å². The van der Waals surface area contributed by atoms with E-state index in [1.165, 1.54) is 0 Å². The zero-order chi connectivity index (χ0) is 7.68. The molecule has 0 bridgehead atoms. The topological polar surface area (TPSA) is 20.1 Å². The third-order valence-electron chi connectivity index (χ3n) is 1.64. The summed E-state index contributed by atoms with van der Waals surface area (Å²) in [5.41, 5.74) is 1.03. The number of hydrogen-bond donors (Lipinski definition) is 1. The fraction of sp³-hybridized carbons (Fsp3) is 0. The molecular weight excluding hydrogens is 136 g/mol. The first-order chi connectivity index (χ1) is 5.40. The standard InChI is InChI=1S/C9H6N2/c1-10-9-6-7-4-2-3-5-8(7)11-9/h2-6,11H. The monoisotopic (exact) mass is 142 g/mol. The number of benzene rings is 1. The largest absolute Gasteiger partial charge is 0.364 e. The van der Waals surface area contributed by atoms with Gasteiger partial charge in [0.2, 0.25) is 5.82 Å². The third kappa shape index (κ3) is 0.870. The van der Waals surface area contributed by atoms with Crippen molar-refractivity contribution in [2.24, 2.45) is 0 Å². The molecule has 0 spiro atoms. The second kappa shape index (κ2) is 2.14. The smallest absolute Gasteiger partial charge is 0.229 e. The van der Waals surface area contributed by atoms with Crippen molar-refractivity contribution in [3.8, 4) is 0 Å². The lowest BCUT2D eigenvalue weighted by Crippen LogP contribution is -1.62. The maximum absolute atomic E-state index is 6.77. The highest BCUT2D eigenvalue weighted by molar-refractivity contribution is 5.83. The Morgan fingerprint density at radius 2 is 2.09 bits per heavy atom. The van der Waals surface area contributed by atoms with Gasteiger partial charge in [-0.3, -0.25) is 0 Å². The summed E-state index contributed by atoms with van der Waals surface area (Å²) < 4.78 is 0. The third-order valence-corrected chi connectivity index (χ3v) is 1.64.